The second-order valence-electron chi connectivity index (χ2n) is 10.4. The van der Waals surface area contributed by atoms with E-state index in [2.05, 4.69) is 142 Å². The maximum Gasteiger partial charge on any atom is 0.0541 e. The first kappa shape index (κ1) is 24.0. The van der Waals surface area contributed by atoms with E-state index in [1.54, 1.807) is 0 Å². The summed E-state index contributed by atoms with van der Waals surface area (Å²) in [6, 6.07) is 35.5. The van der Waals surface area contributed by atoms with Gasteiger partial charge in [0.2, 0.25) is 0 Å². The Bertz CT molecular complexity index is 1810. The number of nitrogens with zero attached hydrogens (tertiary/aromatic N) is 1. The van der Waals surface area contributed by atoms with Gasteiger partial charge in [-0.25, -0.2) is 0 Å². The molecular formula is C37H33N. The third-order valence-corrected chi connectivity index (χ3v) is 7.89. The number of hydrogen-bond acceptors (Lipinski definition) is 0. The largest absolute Gasteiger partial charge is 0.309 e. The monoisotopic (exact) mass is 491 g/mol. The molecule has 0 spiro atoms. The van der Waals surface area contributed by atoms with Crippen LogP contribution in [-0.4, -0.2) is 4.57 Å². The van der Waals surface area contributed by atoms with E-state index >= 15 is 0 Å². The molecule has 0 unspecified atom stereocenters. The lowest BCUT2D eigenvalue weighted by Gasteiger charge is -2.19. The van der Waals surface area contributed by atoms with Gasteiger partial charge in [0, 0.05) is 16.5 Å². The van der Waals surface area contributed by atoms with Gasteiger partial charge in [0.15, 0.2) is 0 Å². The van der Waals surface area contributed by atoms with Crippen molar-refractivity contribution in [2.24, 2.45) is 0 Å². The Kier molecular flexibility index (Phi) is 6.00. The van der Waals surface area contributed by atoms with Crippen molar-refractivity contribution in [2.75, 3.05) is 0 Å². The molecule has 0 N–H and O–H groups in total. The molecule has 0 aliphatic carbocycles. The SMILES string of the molecule is C=Cc1cc(-c2ccc(-n3c4ccccc4c4ccccc43)cc2)cc2ccc(C(C)C)c(/C(C)=C\C)c12. The molecule has 38 heavy (non-hydrogen) atoms. The van der Waals surface area contributed by atoms with Gasteiger partial charge in [-0.05, 0) is 100 Å². The summed E-state index contributed by atoms with van der Waals surface area (Å²) in [5.41, 5.74) is 11.3. The van der Waals surface area contributed by atoms with Crippen LogP contribution in [0.4, 0.5) is 0 Å². The number of hydrogen-bond donors (Lipinski definition) is 0. The summed E-state index contributed by atoms with van der Waals surface area (Å²) in [6.45, 7) is 13.1. The van der Waals surface area contributed by atoms with Crippen molar-refractivity contribution in [3.63, 3.8) is 0 Å². The summed E-state index contributed by atoms with van der Waals surface area (Å²) in [5, 5.41) is 5.12. The first-order valence-electron chi connectivity index (χ1n) is 13.5. The Morgan fingerprint density at radius 2 is 1.39 bits per heavy atom. The average Bonchev–Trinajstić information content (AvgIpc) is 3.30. The lowest BCUT2D eigenvalue weighted by atomic mass is 9.85. The van der Waals surface area contributed by atoms with Crippen LogP contribution in [0.25, 0.3) is 61.0 Å². The molecule has 0 fully saturated rings. The highest BCUT2D eigenvalue weighted by Crippen LogP contribution is 2.38. The van der Waals surface area contributed by atoms with E-state index in [9.17, 15) is 0 Å². The molecule has 6 rings (SSSR count). The second-order valence-corrected chi connectivity index (χ2v) is 10.4. The van der Waals surface area contributed by atoms with E-state index in [0.29, 0.717) is 5.92 Å². The van der Waals surface area contributed by atoms with Crippen molar-refractivity contribution in [2.45, 2.75) is 33.6 Å². The van der Waals surface area contributed by atoms with E-state index < -0.39 is 0 Å². The molecule has 0 amide bonds. The van der Waals surface area contributed by atoms with Gasteiger partial charge in [-0.2, -0.15) is 0 Å². The van der Waals surface area contributed by atoms with Crippen LogP contribution in [-0.2, 0) is 0 Å². The zero-order valence-corrected chi connectivity index (χ0v) is 22.6. The molecule has 6 aromatic rings. The Labute approximate surface area is 225 Å². The molecule has 1 nitrogen and oxygen atoms in total. The summed E-state index contributed by atoms with van der Waals surface area (Å²) in [5.74, 6) is 0.454. The standard InChI is InChI=1S/C37H33N/c1-6-25(5)36-31(24(3)4)21-18-28-23-29(22-26(7-2)37(28)36)27-16-19-30(20-17-27)38-34-14-10-8-12-32(34)33-13-9-11-15-35(33)38/h6-24H,2H2,1,3-5H3/b25-6-. The molecule has 0 radical (unpaired) electrons. The molecule has 1 heteroatoms. The molecule has 0 atom stereocenters. The van der Waals surface area contributed by atoms with E-state index in [-0.39, 0.29) is 0 Å². The van der Waals surface area contributed by atoms with Gasteiger partial charge in [0.05, 0.1) is 11.0 Å². The van der Waals surface area contributed by atoms with Crippen LogP contribution in [0.2, 0.25) is 0 Å². The Hall–Kier alpha value is -4.36. The van der Waals surface area contributed by atoms with E-state index in [0.717, 1.165) is 0 Å². The maximum absolute atomic E-state index is 4.20. The minimum absolute atomic E-state index is 0.454. The number of para-hydroxylation sites is 2. The van der Waals surface area contributed by atoms with Gasteiger partial charge in [-0.3, -0.25) is 0 Å². The van der Waals surface area contributed by atoms with Gasteiger partial charge >= 0.3 is 0 Å². The van der Waals surface area contributed by atoms with Crippen molar-refractivity contribution < 1.29 is 0 Å². The fourth-order valence-electron chi connectivity index (χ4n) is 5.90. The van der Waals surface area contributed by atoms with Crippen LogP contribution in [0.3, 0.4) is 0 Å². The average molecular weight is 492 g/mol. The highest BCUT2D eigenvalue weighted by atomic mass is 15.0. The second kappa shape index (κ2) is 9.50. The Morgan fingerprint density at radius 3 is 1.97 bits per heavy atom. The number of aromatic nitrogens is 1. The number of rotatable bonds is 5. The van der Waals surface area contributed by atoms with Crippen molar-refractivity contribution in [1.29, 1.82) is 0 Å². The maximum atomic E-state index is 4.20. The van der Waals surface area contributed by atoms with Crippen LogP contribution in [0.5, 0.6) is 0 Å². The molecule has 1 aromatic heterocycles. The zero-order chi connectivity index (χ0) is 26.4. The smallest absolute Gasteiger partial charge is 0.0541 e. The summed E-state index contributed by atoms with van der Waals surface area (Å²) < 4.78 is 2.36. The summed E-state index contributed by atoms with van der Waals surface area (Å²) in [6.07, 6.45) is 4.23. The molecule has 0 saturated carbocycles. The summed E-state index contributed by atoms with van der Waals surface area (Å²) in [7, 11) is 0. The normalized spacial score (nSPS) is 12.2. The van der Waals surface area contributed by atoms with E-state index in [4.69, 9.17) is 0 Å². The van der Waals surface area contributed by atoms with E-state index in [1.807, 2.05) is 6.08 Å². The van der Waals surface area contributed by atoms with Crippen molar-refractivity contribution in [3.8, 4) is 16.8 Å². The summed E-state index contributed by atoms with van der Waals surface area (Å²) >= 11 is 0. The van der Waals surface area contributed by atoms with Crippen molar-refractivity contribution in [3.05, 3.63) is 126 Å². The molecule has 0 aliphatic rings. The quantitative estimate of drug-likeness (QED) is 0.226. The fraction of sp³-hybridized carbons (Fsp3) is 0.135. The molecule has 0 aliphatic heterocycles. The molecule has 5 aromatic carbocycles. The van der Waals surface area contributed by atoms with Crippen LogP contribution in [0, 0.1) is 0 Å². The minimum Gasteiger partial charge on any atom is -0.309 e. The van der Waals surface area contributed by atoms with Crippen molar-refractivity contribution >= 4 is 44.2 Å². The molecule has 186 valence electrons. The highest BCUT2D eigenvalue weighted by Gasteiger charge is 2.16. The van der Waals surface area contributed by atoms with Crippen LogP contribution < -0.4 is 0 Å². The van der Waals surface area contributed by atoms with Gasteiger partial charge < -0.3 is 4.57 Å². The lowest BCUT2D eigenvalue weighted by Crippen LogP contribution is -1.98. The van der Waals surface area contributed by atoms with Gasteiger partial charge in [-0.1, -0.05) is 93.2 Å². The molecule has 1 heterocycles. The first-order valence-corrected chi connectivity index (χ1v) is 13.5. The Morgan fingerprint density at radius 1 is 0.763 bits per heavy atom. The molecular weight excluding hydrogens is 458 g/mol. The van der Waals surface area contributed by atoms with Crippen LogP contribution in [0.1, 0.15) is 50.3 Å². The number of fused-ring (bicyclic) bond motifs is 4. The van der Waals surface area contributed by atoms with Gasteiger partial charge in [0.1, 0.15) is 0 Å². The van der Waals surface area contributed by atoms with Gasteiger partial charge in [-0.15, -0.1) is 0 Å². The minimum atomic E-state index is 0.454. The fourth-order valence-corrected chi connectivity index (χ4v) is 5.90. The van der Waals surface area contributed by atoms with Crippen molar-refractivity contribution in [1.82, 2.24) is 4.57 Å². The van der Waals surface area contributed by atoms with Crippen LogP contribution >= 0.6 is 0 Å². The van der Waals surface area contributed by atoms with E-state index in [1.165, 1.54) is 71.7 Å². The third kappa shape index (κ3) is 3.78. The number of allylic oxidation sites excluding steroid dienone is 2. The highest BCUT2D eigenvalue weighted by molar-refractivity contribution is 6.09. The first-order chi connectivity index (χ1) is 18.5. The predicted octanol–water partition coefficient (Wildman–Crippen LogP) is 10.8. The summed E-state index contributed by atoms with van der Waals surface area (Å²) in [4.78, 5) is 0. The number of benzene rings is 5. The van der Waals surface area contributed by atoms with Gasteiger partial charge in [0.25, 0.3) is 0 Å². The Balaban J connectivity index is 1.50. The molecule has 0 bridgehead atoms. The lowest BCUT2D eigenvalue weighted by molar-refractivity contribution is 0.865. The predicted molar refractivity (Wildman–Crippen MR) is 167 cm³/mol. The topological polar surface area (TPSA) is 4.93 Å². The zero-order valence-electron chi connectivity index (χ0n) is 22.6. The van der Waals surface area contributed by atoms with Crippen LogP contribution in [0.15, 0.2) is 110 Å². The third-order valence-electron chi connectivity index (χ3n) is 7.89. The molecule has 0 saturated heterocycles.